The van der Waals surface area contributed by atoms with Crippen molar-refractivity contribution >= 4 is 23.2 Å². The maximum Gasteiger partial charge on any atom is 0.183 e. The summed E-state index contributed by atoms with van der Waals surface area (Å²) in [5.74, 6) is 1.15. The van der Waals surface area contributed by atoms with E-state index in [0.717, 1.165) is 5.82 Å². The molecule has 10 heavy (non-hydrogen) atoms. The van der Waals surface area contributed by atoms with E-state index in [4.69, 9.17) is 23.2 Å². The average Bonchev–Trinajstić information content (AvgIpc) is 2.14. The van der Waals surface area contributed by atoms with Gasteiger partial charge in [0.1, 0.15) is 5.82 Å². The summed E-state index contributed by atoms with van der Waals surface area (Å²) in [5.41, 5.74) is 0. The lowest BCUT2D eigenvalue weighted by Crippen LogP contribution is -1.83. The van der Waals surface area contributed by atoms with Crippen molar-refractivity contribution in [1.82, 2.24) is 15.2 Å². The predicted octanol–water partition coefficient (Wildman–Crippen LogP) is 2.23. The van der Waals surface area contributed by atoms with Gasteiger partial charge in [-0.2, -0.15) is 5.10 Å². The number of aromatic amines is 1. The summed E-state index contributed by atoms with van der Waals surface area (Å²) in [5, 5.41) is 6.34. The third-order valence-electron chi connectivity index (χ3n) is 0.810. The lowest BCUT2D eigenvalue weighted by Gasteiger charge is -1.87. The van der Waals surface area contributed by atoms with Gasteiger partial charge in [-0.05, 0) is 6.92 Å². The molecule has 0 saturated carbocycles. The molecule has 1 heterocycles. The molecule has 0 aliphatic carbocycles. The van der Waals surface area contributed by atoms with Crippen LogP contribution in [0.4, 0.5) is 0 Å². The fraction of sp³-hybridized carbons (Fsp3) is 0.600. The van der Waals surface area contributed by atoms with Crippen molar-refractivity contribution in [3.8, 4) is 0 Å². The molecule has 5 heteroatoms. The molecule has 0 aliphatic heterocycles. The lowest BCUT2D eigenvalue weighted by molar-refractivity contribution is 0.999. The van der Waals surface area contributed by atoms with Crippen LogP contribution in [0.5, 0.6) is 0 Å². The minimum atomic E-state index is -0.630. The van der Waals surface area contributed by atoms with E-state index in [1.807, 2.05) is 0 Å². The van der Waals surface area contributed by atoms with Crippen molar-refractivity contribution in [1.29, 1.82) is 0 Å². The Morgan fingerprint density at radius 2 is 2.10 bits per heavy atom. The standard InChI is InChI=1S/C4H5Cl2N3.CH4/c1-2-7-4(3(5)6)9-8-2;/h3H,1H3,(H,7,8,9);1H4. The minimum absolute atomic E-state index is 0. The van der Waals surface area contributed by atoms with E-state index in [1.54, 1.807) is 6.92 Å². The van der Waals surface area contributed by atoms with Crippen LogP contribution in [0, 0.1) is 6.92 Å². The van der Waals surface area contributed by atoms with Crippen LogP contribution in [0.3, 0.4) is 0 Å². The fourth-order valence-electron chi connectivity index (χ4n) is 0.458. The predicted molar refractivity (Wildman–Crippen MR) is 42.3 cm³/mol. The molecule has 0 radical (unpaired) electrons. The highest BCUT2D eigenvalue weighted by Gasteiger charge is 2.07. The topological polar surface area (TPSA) is 41.6 Å². The number of halogens is 2. The van der Waals surface area contributed by atoms with E-state index in [0.29, 0.717) is 5.82 Å². The summed E-state index contributed by atoms with van der Waals surface area (Å²) in [6.45, 7) is 1.78. The first-order valence-electron chi connectivity index (χ1n) is 2.37. The van der Waals surface area contributed by atoms with Gasteiger partial charge in [0.2, 0.25) is 0 Å². The molecule has 1 rings (SSSR count). The third kappa shape index (κ3) is 2.15. The summed E-state index contributed by atoms with van der Waals surface area (Å²) < 4.78 is 0. The lowest BCUT2D eigenvalue weighted by atomic mass is 10.7. The Kier molecular flexibility index (Phi) is 3.68. The molecule has 0 fully saturated rings. The Labute approximate surface area is 69.8 Å². The second kappa shape index (κ2) is 3.78. The Hall–Kier alpha value is -0.280. The van der Waals surface area contributed by atoms with E-state index >= 15 is 0 Å². The number of hydrogen-bond donors (Lipinski definition) is 1. The Morgan fingerprint density at radius 1 is 1.50 bits per heavy atom. The van der Waals surface area contributed by atoms with E-state index < -0.39 is 4.84 Å². The Balaban J connectivity index is 0.000000810. The minimum Gasteiger partial charge on any atom is -0.263 e. The van der Waals surface area contributed by atoms with Crippen molar-refractivity contribution in [3.05, 3.63) is 11.6 Å². The number of alkyl halides is 2. The molecule has 0 spiro atoms. The molecular weight excluding hydrogens is 173 g/mol. The van der Waals surface area contributed by atoms with Crippen LogP contribution < -0.4 is 0 Å². The maximum atomic E-state index is 5.44. The zero-order valence-electron chi connectivity index (χ0n) is 4.73. The van der Waals surface area contributed by atoms with Crippen molar-refractivity contribution in [2.75, 3.05) is 0 Å². The van der Waals surface area contributed by atoms with E-state index in [-0.39, 0.29) is 7.43 Å². The molecule has 0 bridgehead atoms. The first-order valence-corrected chi connectivity index (χ1v) is 3.24. The molecule has 58 valence electrons. The summed E-state index contributed by atoms with van der Waals surface area (Å²) in [7, 11) is 0. The highest BCUT2D eigenvalue weighted by atomic mass is 35.5. The van der Waals surface area contributed by atoms with Gasteiger partial charge in [0.05, 0.1) is 0 Å². The van der Waals surface area contributed by atoms with Crippen molar-refractivity contribution < 1.29 is 0 Å². The molecule has 0 aromatic carbocycles. The Bertz CT molecular complexity index is 197. The normalized spacial score (nSPS) is 9.60. The number of rotatable bonds is 1. The summed E-state index contributed by atoms with van der Waals surface area (Å²) >= 11 is 10.9. The summed E-state index contributed by atoms with van der Waals surface area (Å²) in [6.07, 6.45) is 0. The maximum absolute atomic E-state index is 5.44. The second-order valence-electron chi connectivity index (χ2n) is 1.58. The SMILES string of the molecule is C.Cc1nc(C(Cl)Cl)n[nH]1. The number of aromatic nitrogens is 3. The van der Waals surface area contributed by atoms with E-state index in [1.165, 1.54) is 0 Å². The molecule has 3 nitrogen and oxygen atoms in total. The van der Waals surface area contributed by atoms with Crippen LogP contribution in [0.15, 0.2) is 0 Å². The number of hydrogen-bond acceptors (Lipinski definition) is 2. The molecule has 0 aliphatic rings. The van der Waals surface area contributed by atoms with Gasteiger partial charge in [-0.25, -0.2) is 4.98 Å². The first kappa shape index (κ1) is 9.72. The first-order chi connectivity index (χ1) is 4.20. The highest BCUT2D eigenvalue weighted by molar-refractivity contribution is 6.43. The number of nitrogens with one attached hydrogen (secondary N) is 1. The van der Waals surface area contributed by atoms with Gasteiger partial charge in [0.15, 0.2) is 10.7 Å². The van der Waals surface area contributed by atoms with Gasteiger partial charge in [-0.1, -0.05) is 30.6 Å². The molecule has 0 saturated heterocycles. The van der Waals surface area contributed by atoms with Crippen LogP contribution >= 0.6 is 23.2 Å². The molecule has 0 amide bonds. The third-order valence-corrected chi connectivity index (χ3v) is 1.20. The molecular formula is C5H9Cl2N3. The number of nitrogens with zero attached hydrogens (tertiary/aromatic N) is 2. The zero-order chi connectivity index (χ0) is 6.85. The number of aryl methyl sites for hydroxylation is 1. The summed E-state index contributed by atoms with van der Waals surface area (Å²) in [4.78, 5) is 3.25. The van der Waals surface area contributed by atoms with Gasteiger partial charge in [0, 0.05) is 0 Å². The van der Waals surface area contributed by atoms with Crippen molar-refractivity contribution in [2.45, 2.75) is 19.2 Å². The van der Waals surface area contributed by atoms with Gasteiger partial charge < -0.3 is 0 Å². The Morgan fingerprint density at radius 3 is 2.30 bits per heavy atom. The van der Waals surface area contributed by atoms with Crippen LogP contribution in [-0.4, -0.2) is 15.2 Å². The largest absolute Gasteiger partial charge is 0.263 e. The second-order valence-corrected chi connectivity index (χ2v) is 2.68. The molecule has 0 atom stereocenters. The number of H-pyrrole nitrogens is 1. The van der Waals surface area contributed by atoms with E-state index in [9.17, 15) is 0 Å². The molecule has 0 unspecified atom stereocenters. The van der Waals surface area contributed by atoms with Gasteiger partial charge in [0.25, 0.3) is 0 Å². The summed E-state index contributed by atoms with van der Waals surface area (Å²) in [6, 6.07) is 0. The average molecular weight is 182 g/mol. The monoisotopic (exact) mass is 181 g/mol. The van der Waals surface area contributed by atoms with Gasteiger partial charge in [-0.3, -0.25) is 5.10 Å². The van der Waals surface area contributed by atoms with Crippen LogP contribution in [-0.2, 0) is 0 Å². The smallest absolute Gasteiger partial charge is 0.183 e. The van der Waals surface area contributed by atoms with Crippen LogP contribution in [0.1, 0.15) is 23.9 Å². The van der Waals surface area contributed by atoms with Gasteiger partial charge in [-0.15, -0.1) is 0 Å². The fourth-order valence-corrected chi connectivity index (χ4v) is 0.653. The van der Waals surface area contributed by atoms with E-state index in [2.05, 4.69) is 15.2 Å². The van der Waals surface area contributed by atoms with Crippen LogP contribution in [0.25, 0.3) is 0 Å². The van der Waals surface area contributed by atoms with Gasteiger partial charge >= 0.3 is 0 Å². The zero-order valence-corrected chi connectivity index (χ0v) is 6.24. The molecule has 1 aromatic heterocycles. The molecule has 1 N–H and O–H groups in total. The highest BCUT2D eigenvalue weighted by Crippen LogP contribution is 2.19. The van der Waals surface area contributed by atoms with Crippen molar-refractivity contribution in [2.24, 2.45) is 0 Å². The quantitative estimate of drug-likeness (QED) is 0.676. The van der Waals surface area contributed by atoms with Crippen molar-refractivity contribution in [3.63, 3.8) is 0 Å². The van der Waals surface area contributed by atoms with Crippen LogP contribution in [0.2, 0.25) is 0 Å². The molecule has 1 aromatic rings.